The summed E-state index contributed by atoms with van der Waals surface area (Å²) in [4.78, 5) is 11.1. The zero-order valence-corrected chi connectivity index (χ0v) is 12.6. The highest BCUT2D eigenvalue weighted by molar-refractivity contribution is 7.80. The van der Waals surface area contributed by atoms with Gasteiger partial charge in [0.05, 0.1) is 13.7 Å². The molecule has 20 heavy (non-hydrogen) atoms. The van der Waals surface area contributed by atoms with Gasteiger partial charge in [0.1, 0.15) is 5.75 Å². The number of thiocarbonyl (C=S) groups is 1. The van der Waals surface area contributed by atoms with E-state index in [1.807, 2.05) is 24.3 Å². The number of carbonyl (C=O) groups is 1. The molecule has 6 heteroatoms. The Morgan fingerprint density at radius 3 is 2.90 bits per heavy atom. The monoisotopic (exact) mass is 296 g/mol. The van der Waals surface area contributed by atoms with Crippen LogP contribution in [0.5, 0.6) is 5.75 Å². The van der Waals surface area contributed by atoms with E-state index in [9.17, 15) is 4.79 Å². The van der Waals surface area contributed by atoms with Crippen LogP contribution in [0.1, 0.15) is 19.8 Å². The molecule has 0 aromatic heterocycles. The van der Waals surface area contributed by atoms with E-state index in [1.165, 1.54) is 0 Å². The van der Waals surface area contributed by atoms with Crippen molar-refractivity contribution in [3.05, 3.63) is 24.3 Å². The molecule has 1 aromatic carbocycles. The Bertz CT molecular complexity index is 452. The van der Waals surface area contributed by atoms with Crippen LogP contribution in [0.25, 0.3) is 0 Å². The van der Waals surface area contributed by atoms with Gasteiger partial charge in [-0.05, 0) is 37.7 Å². The molecule has 0 saturated carbocycles. The molecule has 0 unspecified atom stereocenters. The summed E-state index contributed by atoms with van der Waals surface area (Å²) in [5.74, 6) is 0.584. The van der Waals surface area contributed by atoms with Gasteiger partial charge in [0.15, 0.2) is 5.11 Å². The second kappa shape index (κ2) is 9.14. The van der Waals surface area contributed by atoms with E-state index in [1.54, 1.807) is 14.0 Å². The summed E-state index contributed by atoms with van der Waals surface area (Å²) in [7, 11) is 1.62. The second-order valence-corrected chi connectivity index (χ2v) is 4.43. The number of hydrogen-bond donors (Lipinski definition) is 2. The lowest BCUT2D eigenvalue weighted by Crippen LogP contribution is -2.29. The molecule has 1 aromatic rings. The van der Waals surface area contributed by atoms with Crippen LogP contribution in [0.2, 0.25) is 0 Å². The molecule has 0 radical (unpaired) electrons. The van der Waals surface area contributed by atoms with Gasteiger partial charge in [-0.15, -0.1) is 0 Å². The molecule has 1 rings (SSSR count). The van der Waals surface area contributed by atoms with Gasteiger partial charge in [-0.2, -0.15) is 0 Å². The van der Waals surface area contributed by atoms with Crippen molar-refractivity contribution in [3.63, 3.8) is 0 Å². The van der Waals surface area contributed by atoms with Gasteiger partial charge in [0.25, 0.3) is 0 Å². The first-order chi connectivity index (χ1) is 9.65. The SMILES string of the molecule is CCOC(=O)CCCNC(=S)Nc1cccc(OC)c1. The van der Waals surface area contributed by atoms with Crippen molar-refractivity contribution < 1.29 is 14.3 Å². The maximum Gasteiger partial charge on any atom is 0.305 e. The average Bonchev–Trinajstić information content (AvgIpc) is 2.44. The van der Waals surface area contributed by atoms with Crippen molar-refractivity contribution >= 4 is 29.0 Å². The van der Waals surface area contributed by atoms with Gasteiger partial charge in [-0.3, -0.25) is 4.79 Å². The fraction of sp³-hybridized carbons (Fsp3) is 0.429. The Morgan fingerprint density at radius 1 is 1.40 bits per heavy atom. The maximum absolute atomic E-state index is 11.1. The lowest BCUT2D eigenvalue weighted by Gasteiger charge is -2.11. The zero-order valence-electron chi connectivity index (χ0n) is 11.8. The number of anilines is 1. The molecule has 0 bridgehead atoms. The summed E-state index contributed by atoms with van der Waals surface area (Å²) in [5, 5.41) is 6.61. The number of ether oxygens (including phenoxy) is 2. The van der Waals surface area contributed by atoms with Gasteiger partial charge in [0.2, 0.25) is 0 Å². The largest absolute Gasteiger partial charge is 0.497 e. The van der Waals surface area contributed by atoms with E-state index in [-0.39, 0.29) is 5.97 Å². The summed E-state index contributed by atoms with van der Waals surface area (Å²) in [6, 6.07) is 7.49. The molecule has 2 N–H and O–H groups in total. The van der Waals surface area contributed by atoms with E-state index < -0.39 is 0 Å². The number of nitrogens with one attached hydrogen (secondary N) is 2. The van der Waals surface area contributed by atoms with Crippen LogP contribution < -0.4 is 15.4 Å². The molecule has 0 aliphatic rings. The first-order valence-corrected chi connectivity index (χ1v) is 6.91. The van der Waals surface area contributed by atoms with Gasteiger partial charge < -0.3 is 20.1 Å². The number of carbonyl (C=O) groups excluding carboxylic acids is 1. The lowest BCUT2D eigenvalue weighted by molar-refractivity contribution is -0.143. The molecule has 0 aliphatic carbocycles. The Balaban J connectivity index is 2.24. The number of benzene rings is 1. The van der Waals surface area contributed by atoms with Crippen LogP contribution in [-0.4, -0.2) is 31.3 Å². The zero-order chi connectivity index (χ0) is 14.8. The number of methoxy groups -OCH3 is 1. The highest BCUT2D eigenvalue weighted by atomic mass is 32.1. The number of esters is 1. The fourth-order valence-electron chi connectivity index (χ4n) is 1.54. The van der Waals surface area contributed by atoms with Crippen molar-refractivity contribution in [1.82, 2.24) is 5.32 Å². The molecule has 0 atom stereocenters. The minimum Gasteiger partial charge on any atom is -0.497 e. The van der Waals surface area contributed by atoms with Crippen molar-refractivity contribution in [2.75, 3.05) is 25.6 Å². The lowest BCUT2D eigenvalue weighted by atomic mass is 10.3. The quantitative estimate of drug-likeness (QED) is 0.457. The van der Waals surface area contributed by atoms with Crippen LogP contribution >= 0.6 is 12.2 Å². The topological polar surface area (TPSA) is 59.6 Å². The molecule has 110 valence electrons. The highest BCUT2D eigenvalue weighted by Crippen LogP contribution is 2.16. The van der Waals surface area contributed by atoms with Crippen LogP contribution in [-0.2, 0) is 9.53 Å². The van der Waals surface area contributed by atoms with Crippen molar-refractivity contribution in [1.29, 1.82) is 0 Å². The van der Waals surface area contributed by atoms with Gasteiger partial charge in [0, 0.05) is 24.7 Å². The summed E-state index contributed by atoms with van der Waals surface area (Å²) < 4.78 is 9.97. The first kappa shape index (κ1) is 16.2. The van der Waals surface area contributed by atoms with Gasteiger partial charge in [-0.25, -0.2) is 0 Å². The molecule has 5 nitrogen and oxygen atoms in total. The van der Waals surface area contributed by atoms with E-state index in [2.05, 4.69) is 10.6 Å². The fourth-order valence-corrected chi connectivity index (χ4v) is 1.76. The molecule has 0 amide bonds. The third-order valence-corrected chi connectivity index (χ3v) is 2.72. The van der Waals surface area contributed by atoms with E-state index in [0.717, 1.165) is 11.4 Å². The molecule has 0 saturated heterocycles. The van der Waals surface area contributed by atoms with E-state index in [4.69, 9.17) is 21.7 Å². The summed E-state index contributed by atoms with van der Waals surface area (Å²) >= 11 is 5.17. The minimum atomic E-state index is -0.180. The molecule has 0 spiro atoms. The minimum absolute atomic E-state index is 0.180. The molecule has 0 aliphatic heterocycles. The number of rotatable bonds is 7. The molecular formula is C14H20N2O3S. The van der Waals surface area contributed by atoms with Crippen molar-refractivity contribution in [3.8, 4) is 5.75 Å². The Morgan fingerprint density at radius 2 is 2.20 bits per heavy atom. The van der Waals surface area contributed by atoms with E-state index >= 15 is 0 Å². The second-order valence-electron chi connectivity index (χ2n) is 4.02. The molecule has 0 heterocycles. The molecule has 0 fully saturated rings. The Labute approximate surface area is 124 Å². The third-order valence-electron chi connectivity index (χ3n) is 2.48. The normalized spacial score (nSPS) is 9.70. The summed E-state index contributed by atoms with van der Waals surface area (Å²) in [5.41, 5.74) is 0.854. The first-order valence-electron chi connectivity index (χ1n) is 6.50. The van der Waals surface area contributed by atoms with E-state index in [0.29, 0.717) is 31.1 Å². The van der Waals surface area contributed by atoms with Crippen molar-refractivity contribution in [2.24, 2.45) is 0 Å². The Hall–Kier alpha value is -1.82. The van der Waals surface area contributed by atoms with Crippen LogP contribution in [0.15, 0.2) is 24.3 Å². The van der Waals surface area contributed by atoms with Gasteiger partial charge >= 0.3 is 5.97 Å². The number of hydrogen-bond acceptors (Lipinski definition) is 4. The molecular weight excluding hydrogens is 276 g/mol. The smallest absolute Gasteiger partial charge is 0.305 e. The maximum atomic E-state index is 11.1. The summed E-state index contributed by atoms with van der Waals surface area (Å²) in [6.07, 6.45) is 1.07. The summed E-state index contributed by atoms with van der Waals surface area (Å²) in [6.45, 7) is 2.83. The predicted molar refractivity (Wildman–Crippen MR) is 83.1 cm³/mol. The third kappa shape index (κ3) is 6.38. The van der Waals surface area contributed by atoms with Crippen LogP contribution in [0.3, 0.4) is 0 Å². The Kier molecular flexibility index (Phi) is 7.42. The standard InChI is InChI=1S/C14H20N2O3S/c1-3-19-13(17)8-5-9-15-14(20)16-11-6-4-7-12(10-11)18-2/h4,6-7,10H,3,5,8-9H2,1-2H3,(H2,15,16,20). The van der Waals surface area contributed by atoms with Crippen LogP contribution in [0, 0.1) is 0 Å². The van der Waals surface area contributed by atoms with Crippen LogP contribution in [0.4, 0.5) is 5.69 Å². The average molecular weight is 296 g/mol. The van der Waals surface area contributed by atoms with Gasteiger partial charge in [-0.1, -0.05) is 6.07 Å². The highest BCUT2D eigenvalue weighted by Gasteiger charge is 2.02. The predicted octanol–water partition coefficient (Wildman–Crippen LogP) is 2.32. The van der Waals surface area contributed by atoms with Crippen molar-refractivity contribution in [2.45, 2.75) is 19.8 Å².